The van der Waals surface area contributed by atoms with Gasteiger partial charge in [-0.25, -0.2) is 0 Å². The Morgan fingerprint density at radius 3 is 2.50 bits per heavy atom. The van der Waals surface area contributed by atoms with Crippen LogP contribution in [-0.4, -0.2) is 23.9 Å². The Morgan fingerprint density at radius 2 is 1.85 bits per heavy atom. The number of ether oxygens (including phenoxy) is 1. The molecule has 0 radical (unpaired) electrons. The van der Waals surface area contributed by atoms with Crippen molar-refractivity contribution in [2.75, 3.05) is 6.61 Å². The van der Waals surface area contributed by atoms with E-state index in [4.69, 9.17) is 4.74 Å². The van der Waals surface area contributed by atoms with Gasteiger partial charge in [0, 0.05) is 6.61 Å². The van der Waals surface area contributed by atoms with Crippen molar-refractivity contribution in [1.29, 1.82) is 0 Å². The van der Waals surface area contributed by atoms with Gasteiger partial charge in [-0.3, -0.25) is 0 Å². The highest BCUT2D eigenvalue weighted by atomic mass is 16.5. The van der Waals surface area contributed by atoms with Gasteiger partial charge in [-0.2, -0.15) is 0 Å². The van der Waals surface area contributed by atoms with Crippen LogP contribution >= 0.6 is 0 Å². The number of rotatable bonds is 7. The lowest BCUT2D eigenvalue weighted by molar-refractivity contribution is -0.0744. The van der Waals surface area contributed by atoms with Crippen LogP contribution in [0.3, 0.4) is 0 Å². The molecule has 1 N–H and O–H groups in total. The molecule has 1 aliphatic rings. The second-order valence-corrected chi connectivity index (χ2v) is 5.91. The molecule has 0 heterocycles. The molecule has 112 valence electrons. The van der Waals surface area contributed by atoms with Crippen LogP contribution in [0, 0.1) is 5.92 Å². The predicted octanol–water partition coefficient (Wildman–Crippen LogP) is 3.97. The third kappa shape index (κ3) is 4.60. The summed E-state index contributed by atoms with van der Waals surface area (Å²) in [6.45, 7) is 2.73. The summed E-state index contributed by atoms with van der Waals surface area (Å²) in [5.74, 6) is 0.550. The lowest BCUT2D eigenvalue weighted by atomic mass is 9.82. The van der Waals surface area contributed by atoms with E-state index in [-0.39, 0.29) is 12.2 Å². The van der Waals surface area contributed by atoms with Crippen molar-refractivity contribution in [3.8, 4) is 0 Å². The van der Waals surface area contributed by atoms with Gasteiger partial charge < -0.3 is 9.84 Å². The number of benzene rings is 1. The van der Waals surface area contributed by atoms with Crippen molar-refractivity contribution in [1.82, 2.24) is 0 Å². The van der Waals surface area contributed by atoms with Crippen molar-refractivity contribution in [2.24, 2.45) is 5.92 Å². The average molecular weight is 276 g/mol. The second kappa shape index (κ2) is 8.43. The van der Waals surface area contributed by atoms with Gasteiger partial charge in [0.15, 0.2) is 0 Å². The molecule has 1 aromatic carbocycles. The molecule has 0 saturated heterocycles. The van der Waals surface area contributed by atoms with Crippen LogP contribution in [0.15, 0.2) is 30.3 Å². The fraction of sp³-hybridized carbons (Fsp3) is 0.667. The van der Waals surface area contributed by atoms with Crippen molar-refractivity contribution < 1.29 is 9.84 Å². The maximum Gasteiger partial charge on any atom is 0.0861 e. The fourth-order valence-corrected chi connectivity index (χ4v) is 3.34. The second-order valence-electron chi connectivity index (χ2n) is 5.91. The van der Waals surface area contributed by atoms with E-state index in [1.165, 1.54) is 37.7 Å². The largest absolute Gasteiger partial charge is 0.390 e. The molecule has 0 aromatic heterocycles. The average Bonchev–Trinajstić information content (AvgIpc) is 2.52. The zero-order valence-corrected chi connectivity index (χ0v) is 12.6. The summed E-state index contributed by atoms with van der Waals surface area (Å²) in [5, 5.41) is 10.5. The minimum atomic E-state index is -0.335. The Bertz CT molecular complexity index is 357. The molecule has 1 saturated carbocycles. The Labute approximate surface area is 123 Å². The van der Waals surface area contributed by atoms with Crippen LogP contribution in [0.1, 0.15) is 51.0 Å². The predicted molar refractivity (Wildman–Crippen MR) is 82.8 cm³/mol. The van der Waals surface area contributed by atoms with Gasteiger partial charge in [-0.1, -0.05) is 49.6 Å². The quantitative estimate of drug-likeness (QED) is 0.816. The molecule has 2 nitrogen and oxygen atoms in total. The van der Waals surface area contributed by atoms with Crippen molar-refractivity contribution in [3.63, 3.8) is 0 Å². The van der Waals surface area contributed by atoms with Gasteiger partial charge in [0.05, 0.1) is 12.2 Å². The number of aryl methyl sites for hydroxylation is 1. The molecule has 1 aliphatic carbocycles. The molecule has 2 heteroatoms. The van der Waals surface area contributed by atoms with Crippen LogP contribution in [0.5, 0.6) is 0 Å². The van der Waals surface area contributed by atoms with Gasteiger partial charge in [0.25, 0.3) is 0 Å². The smallest absolute Gasteiger partial charge is 0.0861 e. The molecule has 0 amide bonds. The van der Waals surface area contributed by atoms with E-state index >= 15 is 0 Å². The SMILES string of the molecule is CCOC(C(O)CCc1ccccc1)C1CCCCC1. The molecule has 20 heavy (non-hydrogen) atoms. The zero-order chi connectivity index (χ0) is 14.2. The number of hydrogen-bond acceptors (Lipinski definition) is 2. The van der Waals surface area contributed by atoms with E-state index in [9.17, 15) is 5.11 Å². The molecule has 0 spiro atoms. The lowest BCUT2D eigenvalue weighted by Gasteiger charge is -2.33. The van der Waals surface area contributed by atoms with Gasteiger partial charge in [0.1, 0.15) is 0 Å². The summed E-state index contributed by atoms with van der Waals surface area (Å²) in [6.07, 6.45) is 7.78. The maximum atomic E-state index is 10.5. The van der Waals surface area contributed by atoms with E-state index in [0.29, 0.717) is 12.5 Å². The highest BCUT2D eigenvalue weighted by Gasteiger charge is 2.29. The highest BCUT2D eigenvalue weighted by molar-refractivity contribution is 5.14. The van der Waals surface area contributed by atoms with Crippen molar-refractivity contribution in [2.45, 2.75) is 64.1 Å². The van der Waals surface area contributed by atoms with E-state index in [1.807, 2.05) is 13.0 Å². The van der Waals surface area contributed by atoms with E-state index < -0.39 is 0 Å². The van der Waals surface area contributed by atoms with Crippen molar-refractivity contribution >= 4 is 0 Å². The fourth-order valence-electron chi connectivity index (χ4n) is 3.34. The first-order chi connectivity index (χ1) is 9.81. The van der Waals surface area contributed by atoms with Crippen molar-refractivity contribution in [3.05, 3.63) is 35.9 Å². The molecule has 0 aliphatic heterocycles. The third-order valence-corrected chi connectivity index (χ3v) is 4.42. The minimum Gasteiger partial charge on any atom is -0.390 e. The molecule has 1 aromatic rings. The first kappa shape index (κ1) is 15.5. The summed E-state index contributed by atoms with van der Waals surface area (Å²) in [5.41, 5.74) is 1.30. The van der Waals surface area contributed by atoms with E-state index in [2.05, 4.69) is 24.3 Å². The summed E-state index contributed by atoms with van der Waals surface area (Å²) in [4.78, 5) is 0. The van der Waals surface area contributed by atoms with E-state index in [0.717, 1.165) is 12.8 Å². The van der Waals surface area contributed by atoms with Crippen LogP contribution in [0.4, 0.5) is 0 Å². The molecule has 2 unspecified atom stereocenters. The first-order valence-electron chi connectivity index (χ1n) is 8.15. The summed E-state index contributed by atoms with van der Waals surface area (Å²) >= 11 is 0. The van der Waals surface area contributed by atoms with Gasteiger partial charge >= 0.3 is 0 Å². The maximum absolute atomic E-state index is 10.5. The molecule has 2 atom stereocenters. The summed E-state index contributed by atoms with van der Waals surface area (Å²) < 4.78 is 5.88. The van der Waals surface area contributed by atoms with Crippen LogP contribution in [0.25, 0.3) is 0 Å². The summed E-state index contributed by atoms with van der Waals surface area (Å²) in [7, 11) is 0. The normalized spacial score (nSPS) is 19.7. The lowest BCUT2D eigenvalue weighted by Crippen LogP contribution is -2.37. The Kier molecular flexibility index (Phi) is 6.55. The van der Waals surface area contributed by atoms with Crippen LogP contribution < -0.4 is 0 Å². The van der Waals surface area contributed by atoms with E-state index in [1.54, 1.807) is 0 Å². The number of aliphatic hydroxyl groups excluding tert-OH is 1. The number of aliphatic hydroxyl groups is 1. The van der Waals surface area contributed by atoms with Gasteiger partial charge in [-0.05, 0) is 44.1 Å². The van der Waals surface area contributed by atoms with Crippen LogP contribution in [-0.2, 0) is 11.2 Å². The van der Waals surface area contributed by atoms with Gasteiger partial charge in [0.2, 0.25) is 0 Å². The minimum absolute atomic E-state index is 0.0315. The Hall–Kier alpha value is -0.860. The Morgan fingerprint density at radius 1 is 1.15 bits per heavy atom. The molecule has 1 fully saturated rings. The standard InChI is InChI=1S/C18H28O2/c1-2-20-18(16-11-7-4-8-12-16)17(19)14-13-15-9-5-3-6-10-15/h3,5-6,9-10,16-19H,2,4,7-8,11-14H2,1H3. The Balaban J connectivity index is 1.87. The molecule has 0 bridgehead atoms. The van der Waals surface area contributed by atoms with Crippen LogP contribution in [0.2, 0.25) is 0 Å². The highest BCUT2D eigenvalue weighted by Crippen LogP contribution is 2.30. The third-order valence-electron chi connectivity index (χ3n) is 4.42. The molecule has 2 rings (SSSR count). The number of hydrogen-bond donors (Lipinski definition) is 1. The topological polar surface area (TPSA) is 29.5 Å². The first-order valence-corrected chi connectivity index (χ1v) is 8.15. The summed E-state index contributed by atoms with van der Waals surface area (Å²) in [6, 6.07) is 10.4. The zero-order valence-electron chi connectivity index (χ0n) is 12.6. The van der Waals surface area contributed by atoms with Gasteiger partial charge in [-0.15, -0.1) is 0 Å². The monoisotopic (exact) mass is 276 g/mol. The molecular weight excluding hydrogens is 248 g/mol. The molecular formula is C18H28O2.